The summed E-state index contributed by atoms with van der Waals surface area (Å²) < 4.78 is 5.74. The van der Waals surface area contributed by atoms with Gasteiger partial charge in [-0.2, -0.15) is 0 Å². The van der Waals surface area contributed by atoms with Crippen LogP contribution in [0.2, 0.25) is 0 Å². The lowest BCUT2D eigenvalue weighted by atomic mass is 9.68. The minimum absolute atomic E-state index is 0.0242. The smallest absolute Gasteiger partial charge is 0.122 e. The van der Waals surface area contributed by atoms with Crippen molar-refractivity contribution < 1.29 is 4.74 Å². The molecular formula is C22H26N4O. The predicted octanol–water partition coefficient (Wildman–Crippen LogP) is 3.81. The van der Waals surface area contributed by atoms with Crippen molar-refractivity contribution in [3.05, 3.63) is 83.9 Å². The predicted molar refractivity (Wildman–Crippen MR) is 106 cm³/mol. The fraction of sp³-hybridized carbons (Fsp3) is 0.318. The maximum atomic E-state index is 6.74. The van der Waals surface area contributed by atoms with Gasteiger partial charge in [-0.1, -0.05) is 48.5 Å². The molecule has 0 saturated carbocycles. The number of hydrogen-bond donors (Lipinski definition) is 2. The molecule has 2 unspecified atom stereocenters. The highest BCUT2D eigenvalue weighted by molar-refractivity contribution is 5.46. The number of nitrogens with zero attached hydrogens (tertiary/aromatic N) is 2. The van der Waals surface area contributed by atoms with E-state index in [9.17, 15) is 0 Å². The number of methoxy groups -OCH3 is 1. The maximum absolute atomic E-state index is 6.74. The molecule has 1 aliphatic rings. The van der Waals surface area contributed by atoms with Gasteiger partial charge in [0.2, 0.25) is 0 Å². The first-order valence-electron chi connectivity index (χ1n) is 9.46. The van der Waals surface area contributed by atoms with Crippen molar-refractivity contribution in [2.24, 2.45) is 5.84 Å². The first-order chi connectivity index (χ1) is 13.3. The first-order valence-corrected chi connectivity index (χ1v) is 9.46. The van der Waals surface area contributed by atoms with E-state index in [4.69, 9.17) is 10.6 Å². The van der Waals surface area contributed by atoms with E-state index in [0.29, 0.717) is 0 Å². The lowest BCUT2D eigenvalue weighted by Crippen LogP contribution is -2.57. The number of rotatable bonds is 5. The lowest BCUT2D eigenvalue weighted by Gasteiger charge is -2.50. The largest absolute Gasteiger partial charge is 0.496 e. The average Bonchev–Trinajstić information content (AvgIpc) is 3.25. The molecule has 5 nitrogen and oxygen atoms in total. The molecule has 3 N–H and O–H groups in total. The Morgan fingerprint density at radius 1 is 1.11 bits per heavy atom. The summed E-state index contributed by atoms with van der Waals surface area (Å²) in [6.07, 6.45) is 6.84. The Morgan fingerprint density at radius 3 is 2.59 bits per heavy atom. The van der Waals surface area contributed by atoms with Crippen molar-refractivity contribution in [1.82, 2.24) is 15.0 Å². The second kappa shape index (κ2) is 7.55. The van der Waals surface area contributed by atoms with Gasteiger partial charge >= 0.3 is 0 Å². The van der Waals surface area contributed by atoms with Gasteiger partial charge in [-0.25, -0.2) is 9.99 Å². The number of aromatic nitrogens is 2. The third-order valence-electron chi connectivity index (χ3n) is 5.75. The highest BCUT2D eigenvalue weighted by Crippen LogP contribution is 2.51. The Hall–Kier alpha value is -2.63. The third kappa shape index (κ3) is 3.03. The summed E-state index contributed by atoms with van der Waals surface area (Å²) in [5, 5.41) is 2.03. The highest BCUT2D eigenvalue weighted by atomic mass is 16.5. The Bertz CT molecular complexity index is 865. The van der Waals surface area contributed by atoms with Crippen molar-refractivity contribution in [2.75, 3.05) is 13.7 Å². The standard InChI is InChI=1S/C22H26N4O/c1-27-20-12-6-5-11-18(20)21(19-15-24-16-25-19)22(13-7-8-14-26(22)23)17-9-3-2-4-10-17/h2-6,9-12,15-16,21H,7-8,13-14,23H2,1H3,(H,24,25). The molecule has 0 bridgehead atoms. The van der Waals surface area contributed by atoms with Gasteiger partial charge in [0.1, 0.15) is 5.75 Å². The SMILES string of the molecule is COc1ccccc1C(c1cnc[nH]1)C1(c2ccccc2)CCCCN1N. The number of ether oxygens (including phenoxy) is 1. The van der Waals surface area contributed by atoms with Crippen LogP contribution < -0.4 is 10.6 Å². The van der Waals surface area contributed by atoms with Crippen LogP contribution in [0, 0.1) is 0 Å². The summed E-state index contributed by atoms with van der Waals surface area (Å²) in [6.45, 7) is 0.856. The molecule has 4 rings (SSSR count). The second-order valence-corrected chi connectivity index (χ2v) is 7.12. The van der Waals surface area contributed by atoms with Crippen LogP contribution in [0.5, 0.6) is 5.75 Å². The molecule has 5 heteroatoms. The highest BCUT2D eigenvalue weighted by Gasteiger charge is 2.48. The summed E-state index contributed by atoms with van der Waals surface area (Å²) >= 11 is 0. The van der Waals surface area contributed by atoms with Crippen LogP contribution in [0.25, 0.3) is 0 Å². The van der Waals surface area contributed by atoms with Crippen LogP contribution in [0.3, 0.4) is 0 Å². The molecule has 0 amide bonds. The minimum atomic E-state index is -0.374. The summed E-state index contributed by atoms with van der Waals surface area (Å²) in [6, 6.07) is 18.8. The number of aromatic amines is 1. The fourth-order valence-corrected chi connectivity index (χ4v) is 4.54. The Morgan fingerprint density at radius 2 is 1.89 bits per heavy atom. The Balaban J connectivity index is 1.98. The molecule has 0 radical (unpaired) electrons. The minimum Gasteiger partial charge on any atom is -0.496 e. The van der Waals surface area contributed by atoms with Gasteiger partial charge in [-0.15, -0.1) is 0 Å². The van der Waals surface area contributed by atoms with E-state index in [1.807, 2.05) is 23.3 Å². The van der Waals surface area contributed by atoms with Crippen LogP contribution in [0.15, 0.2) is 67.1 Å². The van der Waals surface area contributed by atoms with E-state index in [2.05, 4.69) is 52.4 Å². The van der Waals surface area contributed by atoms with Gasteiger partial charge in [0, 0.05) is 24.0 Å². The molecule has 0 spiro atoms. The Labute approximate surface area is 160 Å². The number of nitrogens with one attached hydrogen (secondary N) is 1. The first kappa shape index (κ1) is 17.8. The molecule has 2 atom stereocenters. The molecule has 2 aromatic carbocycles. The molecule has 1 aromatic heterocycles. The lowest BCUT2D eigenvalue weighted by molar-refractivity contribution is 0.0263. The molecule has 1 saturated heterocycles. The van der Waals surface area contributed by atoms with Crippen molar-refractivity contribution in [2.45, 2.75) is 30.7 Å². The number of hydrogen-bond acceptors (Lipinski definition) is 4. The van der Waals surface area contributed by atoms with Crippen LogP contribution in [0.1, 0.15) is 42.0 Å². The molecule has 3 aromatic rings. The average molecular weight is 362 g/mol. The zero-order chi connectivity index (χ0) is 18.7. The van der Waals surface area contributed by atoms with Gasteiger partial charge in [0.15, 0.2) is 0 Å². The van der Waals surface area contributed by atoms with Crippen LogP contribution >= 0.6 is 0 Å². The summed E-state index contributed by atoms with van der Waals surface area (Å²) in [5.74, 6) is 7.58. The number of piperidine rings is 1. The second-order valence-electron chi connectivity index (χ2n) is 7.12. The maximum Gasteiger partial charge on any atom is 0.122 e. The summed E-state index contributed by atoms with van der Waals surface area (Å²) in [7, 11) is 1.72. The van der Waals surface area contributed by atoms with Crippen molar-refractivity contribution in [3.63, 3.8) is 0 Å². The molecular weight excluding hydrogens is 336 g/mol. The number of hydrazine groups is 1. The molecule has 2 heterocycles. The molecule has 27 heavy (non-hydrogen) atoms. The van der Waals surface area contributed by atoms with Crippen molar-refractivity contribution >= 4 is 0 Å². The van der Waals surface area contributed by atoms with E-state index < -0.39 is 0 Å². The molecule has 0 aliphatic carbocycles. The van der Waals surface area contributed by atoms with E-state index in [-0.39, 0.29) is 11.5 Å². The number of H-pyrrole nitrogens is 1. The van der Waals surface area contributed by atoms with E-state index in [0.717, 1.165) is 42.8 Å². The summed E-state index contributed by atoms with van der Waals surface area (Å²) in [5.41, 5.74) is 3.00. The van der Waals surface area contributed by atoms with Gasteiger partial charge in [0.05, 0.1) is 24.9 Å². The monoisotopic (exact) mass is 362 g/mol. The quantitative estimate of drug-likeness (QED) is 0.678. The number of nitrogens with two attached hydrogens (primary N) is 1. The van der Waals surface area contributed by atoms with E-state index in [1.165, 1.54) is 5.56 Å². The summed E-state index contributed by atoms with van der Waals surface area (Å²) in [4.78, 5) is 7.66. The number of benzene rings is 2. The van der Waals surface area contributed by atoms with Crippen LogP contribution in [-0.4, -0.2) is 28.6 Å². The topological polar surface area (TPSA) is 67.2 Å². The van der Waals surface area contributed by atoms with E-state index >= 15 is 0 Å². The van der Waals surface area contributed by atoms with Crippen molar-refractivity contribution in [1.29, 1.82) is 0 Å². The normalized spacial score (nSPS) is 21.7. The van der Waals surface area contributed by atoms with Gasteiger partial charge in [-0.3, -0.25) is 5.84 Å². The zero-order valence-corrected chi connectivity index (χ0v) is 15.6. The molecule has 1 fully saturated rings. The van der Waals surface area contributed by atoms with Crippen LogP contribution in [-0.2, 0) is 5.54 Å². The number of imidazole rings is 1. The molecule has 140 valence electrons. The third-order valence-corrected chi connectivity index (χ3v) is 5.75. The van der Waals surface area contributed by atoms with Crippen LogP contribution in [0.4, 0.5) is 0 Å². The van der Waals surface area contributed by atoms with Gasteiger partial charge in [0.25, 0.3) is 0 Å². The van der Waals surface area contributed by atoms with Crippen molar-refractivity contribution in [3.8, 4) is 5.75 Å². The van der Waals surface area contributed by atoms with Gasteiger partial charge in [-0.05, 0) is 30.9 Å². The molecule has 1 aliphatic heterocycles. The van der Waals surface area contributed by atoms with E-state index in [1.54, 1.807) is 13.4 Å². The fourth-order valence-electron chi connectivity index (χ4n) is 4.54. The zero-order valence-electron chi connectivity index (χ0n) is 15.6. The Kier molecular flexibility index (Phi) is 4.97. The van der Waals surface area contributed by atoms with Gasteiger partial charge < -0.3 is 9.72 Å². The number of para-hydroxylation sites is 1.